The summed E-state index contributed by atoms with van der Waals surface area (Å²) in [5.41, 5.74) is 7.82. The Balaban J connectivity index is 0.000000141. The van der Waals surface area contributed by atoms with Crippen LogP contribution in [0.5, 0.6) is 0 Å². The molecule has 0 aromatic carbocycles. The zero-order valence-corrected chi connectivity index (χ0v) is 11.6. The van der Waals surface area contributed by atoms with Gasteiger partial charge in [-0.2, -0.15) is 5.10 Å². The Kier molecular flexibility index (Phi) is 4.19. The van der Waals surface area contributed by atoms with Gasteiger partial charge in [-0.05, 0) is 24.6 Å². The zero-order chi connectivity index (χ0) is 13.8. The van der Waals surface area contributed by atoms with Crippen molar-refractivity contribution in [1.82, 2.24) is 20.2 Å². The van der Waals surface area contributed by atoms with Gasteiger partial charge in [-0.3, -0.25) is 5.10 Å². The van der Waals surface area contributed by atoms with E-state index >= 15 is 0 Å². The fourth-order valence-corrected chi connectivity index (χ4v) is 1.78. The summed E-state index contributed by atoms with van der Waals surface area (Å²) in [6, 6.07) is 3.67. The smallest absolute Gasteiger partial charge is 0.154 e. The number of nitrogens with one attached hydrogen (secondary N) is 1. The van der Waals surface area contributed by atoms with Crippen LogP contribution in [0.15, 0.2) is 30.7 Å². The van der Waals surface area contributed by atoms with Crippen molar-refractivity contribution in [3.05, 3.63) is 46.6 Å². The van der Waals surface area contributed by atoms with Gasteiger partial charge in [0.1, 0.15) is 5.52 Å². The van der Waals surface area contributed by atoms with Gasteiger partial charge >= 0.3 is 0 Å². The molecule has 0 aliphatic rings. The van der Waals surface area contributed by atoms with Crippen LogP contribution in [0.1, 0.15) is 5.56 Å². The van der Waals surface area contributed by atoms with Crippen LogP contribution >= 0.6 is 23.2 Å². The predicted molar refractivity (Wildman–Crippen MR) is 77.3 cm³/mol. The summed E-state index contributed by atoms with van der Waals surface area (Å²) in [5.74, 6) is 0. The molecule has 3 aromatic rings. The van der Waals surface area contributed by atoms with Crippen LogP contribution in [0.3, 0.4) is 0 Å². The van der Waals surface area contributed by atoms with Gasteiger partial charge < -0.3 is 5.73 Å². The largest absolute Gasteiger partial charge is 0.396 e. The van der Waals surface area contributed by atoms with E-state index in [-0.39, 0.29) is 0 Å². The molecule has 0 saturated carbocycles. The third kappa shape index (κ3) is 3.13. The number of aromatic nitrogens is 4. The highest BCUT2D eigenvalue weighted by Gasteiger charge is 1.98. The van der Waals surface area contributed by atoms with Crippen molar-refractivity contribution >= 4 is 39.8 Å². The third-order valence-corrected chi connectivity index (χ3v) is 3.06. The van der Waals surface area contributed by atoms with Crippen molar-refractivity contribution in [3.63, 3.8) is 0 Å². The number of hydrogen-bond acceptors (Lipinski definition) is 4. The second-order valence-electron chi connectivity index (χ2n) is 3.77. The number of nitrogen functional groups attached to an aromatic ring is 1. The molecule has 0 spiro atoms. The number of H-pyrrole nitrogens is 1. The average molecular weight is 296 g/mol. The lowest BCUT2D eigenvalue weighted by Gasteiger charge is -1.97. The number of nitrogens with zero attached hydrogens (tertiary/aromatic N) is 3. The number of aryl methyl sites for hydroxylation is 1. The molecule has 0 aliphatic heterocycles. The Labute approximate surface area is 119 Å². The van der Waals surface area contributed by atoms with Crippen molar-refractivity contribution in [1.29, 1.82) is 0 Å². The van der Waals surface area contributed by atoms with E-state index in [9.17, 15) is 0 Å². The number of aromatic amines is 1. The highest BCUT2D eigenvalue weighted by atomic mass is 35.5. The van der Waals surface area contributed by atoms with Gasteiger partial charge in [0.05, 0.1) is 11.9 Å². The molecule has 5 nitrogen and oxygen atoms in total. The van der Waals surface area contributed by atoms with Gasteiger partial charge in [-0.25, -0.2) is 9.97 Å². The van der Waals surface area contributed by atoms with Crippen LogP contribution in [0, 0.1) is 6.92 Å². The van der Waals surface area contributed by atoms with E-state index in [0.717, 1.165) is 16.5 Å². The summed E-state index contributed by atoms with van der Waals surface area (Å²) in [7, 11) is 0. The number of halogens is 2. The lowest BCUT2D eigenvalue weighted by atomic mass is 10.3. The number of pyridine rings is 2. The van der Waals surface area contributed by atoms with Crippen molar-refractivity contribution in [2.75, 3.05) is 5.73 Å². The van der Waals surface area contributed by atoms with Crippen LogP contribution in [0.25, 0.3) is 10.9 Å². The van der Waals surface area contributed by atoms with Crippen molar-refractivity contribution in [2.24, 2.45) is 0 Å². The van der Waals surface area contributed by atoms with Gasteiger partial charge in [0.25, 0.3) is 0 Å². The molecule has 0 atom stereocenters. The molecular weight excluding hydrogens is 285 g/mol. The average Bonchev–Trinajstić information content (AvgIpc) is 2.86. The van der Waals surface area contributed by atoms with E-state index in [1.165, 1.54) is 0 Å². The Hall–Kier alpha value is -1.85. The van der Waals surface area contributed by atoms with E-state index in [0.29, 0.717) is 16.0 Å². The molecule has 7 heteroatoms. The van der Waals surface area contributed by atoms with Crippen LogP contribution in [-0.2, 0) is 0 Å². The predicted octanol–water partition coefficient (Wildman–Crippen LogP) is 3.24. The number of rotatable bonds is 0. The first-order valence-corrected chi connectivity index (χ1v) is 6.15. The molecule has 0 aliphatic carbocycles. The first-order chi connectivity index (χ1) is 9.09. The molecule has 3 heterocycles. The Morgan fingerprint density at radius 1 is 1.11 bits per heavy atom. The van der Waals surface area contributed by atoms with Gasteiger partial charge in [0, 0.05) is 17.8 Å². The monoisotopic (exact) mass is 295 g/mol. The van der Waals surface area contributed by atoms with Crippen LogP contribution in [0.4, 0.5) is 5.69 Å². The van der Waals surface area contributed by atoms with Crippen molar-refractivity contribution in [3.8, 4) is 0 Å². The fraction of sp³-hybridized carbons (Fsp3) is 0.0833. The molecule has 0 fully saturated rings. The lowest BCUT2D eigenvalue weighted by molar-refractivity contribution is 1.11. The van der Waals surface area contributed by atoms with Gasteiger partial charge in [-0.15, -0.1) is 0 Å². The first-order valence-electron chi connectivity index (χ1n) is 5.39. The topological polar surface area (TPSA) is 80.5 Å². The molecule has 3 aromatic heterocycles. The maximum absolute atomic E-state index is 5.72. The molecule has 0 radical (unpaired) electrons. The summed E-state index contributed by atoms with van der Waals surface area (Å²) in [6.45, 7) is 1.89. The number of fused-ring (bicyclic) bond motifs is 1. The van der Waals surface area contributed by atoms with E-state index < -0.39 is 0 Å². The SMILES string of the molecule is Cc1ccnc(Cl)c1N.Clc1nccc2cn[nH]c12. The summed E-state index contributed by atoms with van der Waals surface area (Å²) >= 11 is 11.3. The standard InChI is InChI=1S/C6H4ClN3.C6H7ClN2/c7-6-5-4(1-2-8-6)3-9-10-5;1-4-2-3-9-6(7)5(4)8/h1-3H,(H,9,10);2-3H,8H2,1H3. The van der Waals surface area contributed by atoms with Crippen molar-refractivity contribution in [2.45, 2.75) is 6.92 Å². The number of nitrogens with two attached hydrogens (primary N) is 1. The first kappa shape index (κ1) is 13.6. The molecule has 0 saturated heterocycles. The molecule has 3 rings (SSSR count). The summed E-state index contributed by atoms with van der Waals surface area (Å²) in [6.07, 6.45) is 5.00. The van der Waals surface area contributed by atoms with E-state index in [2.05, 4.69) is 20.2 Å². The Morgan fingerprint density at radius 2 is 1.79 bits per heavy atom. The van der Waals surface area contributed by atoms with E-state index in [1.807, 2.05) is 19.1 Å². The molecule has 0 unspecified atom stereocenters. The van der Waals surface area contributed by atoms with Gasteiger partial charge in [0.15, 0.2) is 10.3 Å². The molecule has 0 amide bonds. The van der Waals surface area contributed by atoms with Gasteiger partial charge in [0.2, 0.25) is 0 Å². The van der Waals surface area contributed by atoms with Crippen LogP contribution < -0.4 is 5.73 Å². The maximum atomic E-state index is 5.72. The van der Waals surface area contributed by atoms with Crippen LogP contribution in [0.2, 0.25) is 10.3 Å². The molecule has 0 bridgehead atoms. The normalized spacial score (nSPS) is 10.1. The summed E-state index contributed by atoms with van der Waals surface area (Å²) < 4.78 is 0. The van der Waals surface area contributed by atoms with Crippen molar-refractivity contribution < 1.29 is 0 Å². The molecule has 19 heavy (non-hydrogen) atoms. The Morgan fingerprint density at radius 3 is 2.42 bits per heavy atom. The Bertz CT molecular complexity index is 675. The minimum Gasteiger partial charge on any atom is -0.396 e. The summed E-state index contributed by atoms with van der Waals surface area (Å²) in [5, 5.41) is 8.39. The second-order valence-corrected chi connectivity index (χ2v) is 4.48. The minimum absolute atomic E-state index is 0.384. The quantitative estimate of drug-likeness (QED) is 0.624. The number of anilines is 1. The molecular formula is C12H11Cl2N5. The molecule has 3 N–H and O–H groups in total. The maximum Gasteiger partial charge on any atom is 0.154 e. The number of hydrogen-bond donors (Lipinski definition) is 2. The lowest BCUT2D eigenvalue weighted by Crippen LogP contribution is -1.91. The second kappa shape index (κ2) is 5.86. The third-order valence-electron chi connectivity index (χ3n) is 2.48. The van der Waals surface area contributed by atoms with E-state index in [4.69, 9.17) is 28.9 Å². The van der Waals surface area contributed by atoms with Crippen LogP contribution in [-0.4, -0.2) is 20.2 Å². The zero-order valence-electron chi connectivity index (χ0n) is 10.1. The highest BCUT2D eigenvalue weighted by Crippen LogP contribution is 2.17. The minimum atomic E-state index is 0.384. The highest BCUT2D eigenvalue weighted by molar-refractivity contribution is 6.33. The van der Waals surface area contributed by atoms with E-state index in [1.54, 1.807) is 18.6 Å². The van der Waals surface area contributed by atoms with Gasteiger partial charge in [-0.1, -0.05) is 23.2 Å². The fourth-order valence-electron chi connectivity index (χ4n) is 1.37. The molecule has 98 valence electrons. The summed E-state index contributed by atoms with van der Waals surface area (Å²) in [4.78, 5) is 7.65.